The normalized spacial score (nSPS) is 11.2. The lowest BCUT2D eigenvalue weighted by Gasteiger charge is -2.10. The number of aromatic nitrogens is 4. The van der Waals surface area contributed by atoms with E-state index in [1.807, 2.05) is 19.9 Å². The van der Waals surface area contributed by atoms with Crippen molar-refractivity contribution in [1.29, 1.82) is 0 Å². The quantitative estimate of drug-likeness (QED) is 0.564. The molecule has 28 heavy (non-hydrogen) atoms. The van der Waals surface area contributed by atoms with Gasteiger partial charge in [-0.1, -0.05) is 6.07 Å². The Kier molecular flexibility index (Phi) is 4.18. The van der Waals surface area contributed by atoms with Gasteiger partial charge in [0.1, 0.15) is 0 Å². The third kappa shape index (κ3) is 3.02. The molecular weight excluding hydrogens is 361 g/mol. The Bertz CT molecular complexity index is 1300. The molecule has 0 aliphatic carbocycles. The summed E-state index contributed by atoms with van der Waals surface area (Å²) in [4.78, 5) is 28.4. The number of H-pyrrole nitrogens is 1. The van der Waals surface area contributed by atoms with Crippen LogP contribution in [-0.2, 0) is 0 Å². The molecule has 7 nitrogen and oxygen atoms in total. The molecule has 0 aliphatic rings. The zero-order valence-corrected chi connectivity index (χ0v) is 15.8. The number of hydrogen-bond acceptors (Lipinski definition) is 6. The summed E-state index contributed by atoms with van der Waals surface area (Å²) >= 11 is 0. The van der Waals surface area contributed by atoms with E-state index in [4.69, 9.17) is 4.74 Å². The second-order valence-corrected chi connectivity index (χ2v) is 6.65. The molecule has 0 aliphatic heterocycles. The maximum atomic E-state index is 14.0. The number of fused-ring (bicyclic) bond motifs is 2. The van der Waals surface area contributed by atoms with Gasteiger partial charge in [-0.15, -0.1) is 0 Å². The Morgan fingerprint density at radius 2 is 1.82 bits per heavy atom. The molecule has 4 aromatic rings. The maximum absolute atomic E-state index is 14.0. The molecule has 0 saturated carbocycles. The van der Waals surface area contributed by atoms with Gasteiger partial charge in [0, 0.05) is 11.5 Å². The van der Waals surface area contributed by atoms with Crippen molar-refractivity contribution in [2.75, 3.05) is 12.4 Å². The van der Waals surface area contributed by atoms with Gasteiger partial charge in [-0.25, -0.2) is 19.3 Å². The van der Waals surface area contributed by atoms with Crippen LogP contribution in [0.3, 0.4) is 0 Å². The van der Waals surface area contributed by atoms with Crippen LogP contribution in [0.4, 0.5) is 16.3 Å². The number of methoxy groups -OCH3 is 1. The number of anilines is 2. The molecule has 0 spiro atoms. The van der Waals surface area contributed by atoms with E-state index in [1.165, 1.54) is 13.2 Å². The van der Waals surface area contributed by atoms with E-state index < -0.39 is 5.82 Å². The number of ether oxygens (including phenoxy) is 1. The topological polar surface area (TPSA) is 92.8 Å². The molecule has 0 atom stereocenters. The fourth-order valence-corrected chi connectivity index (χ4v) is 3.26. The molecule has 2 N–H and O–H groups in total. The van der Waals surface area contributed by atoms with Crippen molar-refractivity contribution in [3.63, 3.8) is 0 Å². The smallest absolute Gasteiger partial charge is 0.260 e. The number of aryl methyl sites for hydroxylation is 3. The number of halogens is 1. The van der Waals surface area contributed by atoms with E-state index in [-0.39, 0.29) is 23.2 Å². The fraction of sp³-hybridized carbons (Fsp3) is 0.200. The Balaban J connectivity index is 1.81. The van der Waals surface area contributed by atoms with Crippen molar-refractivity contribution in [1.82, 2.24) is 19.9 Å². The molecule has 2 heterocycles. The van der Waals surface area contributed by atoms with E-state index in [1.54, 1.807) is 19.1 Å². The van der Waals surface area contributed by atoms with Crippen LogP contribution in [0.15, 0.2) is 29.1 Å². The van der Waals surface area contributed by atoms with Gasteiger partial charge in [-0.2, -0.15) is 0 Å². The van der Waals surface area contributed by atoms with Gasteiger partial charge in [-0.05, 0) is 44.0 Å². The molecule has 0 bridgehead atoms. The minimum Gasteiger partial charge on any atom is -0.494 e. The number of aromatic amines is 1. The molecule has 2 aromatic heterocycles. The number of benzene rings is 2. The fourth-order valence-electron chi connectivity index (χ4n) is 3.26. The van der Waals surface area contributed by atoms with Gasteiger partial charge >= 0.3 is 0 Å². The highest BCUT2D eigenvalue weighted by molar-refractivity contribution is 5.84. The average Bonchev–Trinajstić information content (AvgIpc) is 2.62. The first-order valence-corrected chi connectivity index (χ1v) is 8.66. The number of nitrogens with one attached hydrogen (secondary N) is 2. The Morgan fingerprint density at radius 1 is 1.04 bits per heavy atom. The summed E-state index contributed by atoms with van der Waals surface area (Å²) in [5.41, 5.74) is 3.29. The molecular formula is C20H18FN5O2. The number of rotatable bonds is 3. The molecule has 0 unspecified atom stereocenters. The van der Waals surface area contributed by atoms with Crippen molar-refractivity contribution in [3.8, 4) is 5.75 Å². The molecule has 0 fully saturated rings. The molecule has 0 amide bonds. The van der Waals surface area contributed by atoms with Crippen LogP contribution >= 0.6 is 0 Å². The molecule has 0 radical (unpaired) electrons. The van der Waals surface area contributed by atoms with E-state index in [9.17, 15) is 9.18 Å². The second-order valence-electron chi connectivity index (χ2n) is 6.65. The van der Waals surface area contributed by atoms with Gasteiger partial charge in [0.2, 0.25) is 11.9 Å². The summed E-state index contributed by atoms with van der Waals surface area (Å²) in [5, 5.41) is 4.11. The summed E-state index contributed by atoms with van der Waals surface area (Å²) < 4.78 is 19.1. The maximum Gasteiger partial charge on any atom is 0.260 e. The lowest BCUT2D eigenvalue weighted by Crippen LogP contribution is -2.13. The predicted octanol–water partition coefficient (Wildman–Crippen LogP) is 3.68. The Hall–Kier alpha value is -3.55. The standard InChI is InChI=1S/C20H18FN5O2/c1-9-5-10(2)17-13(6-9)18(27)25-20(24-17)26-19-22-11(3)12-7-16(28-4)14(21)8-15(12)23-19/h5-8H,1-4H3,(H2,22,23,24,25,26,27). The summed E-state index contributed by atoms with van der Waals surface area (Å²) in [5.74, 6) is 0.0486. The monoisotopic (exact) mass is 379 g/mol. The molecule has 4 rings (SSSR count). The Labute approximate surface area is 159 Å². The largest absolute Gasteiger partial charge is 0.494 e. The summed E-state index contributed by atoms with van der Waals surface area (Å²) in [6, 6.07) is 6.61. The Morgan fingerprint density at radius 3 is 2.57 bits per heavy atom. The van der Waals surface area contributed by atoms with Gasteiger partial charge < -0.3 is 4.74 Å². The van der Waals surface area contributed by atoms with Crippen molar-refractivity contribution in [3.05, 3.63) is 57.3 Å². The molecule has 0 saturated heterocycles. The lowest BCUT2D eigenvalue weighted by atomic mass is 10.1. The first-order chi connectivity index (χ1) is 13.4. The van der Waals surface area contributed by atoms with Gasteiger partial charge in [-0.3, -0.25) is 15.1 Å². The van der Waals surface area contributed by atoms with Gasteiger partial charge in [0.25, 0.3) is 5.56 Å². The third-order valence-corrected chi connectivity index (χ3v) is 4.54. The average molecular weight is 379 g/mol. The minimum atomic E-state index is -0.512. The summed E-state index contributed by atoms with van der Waals surface area (Å²) in [7, 11) is 1.40. The second kappa shape index (κ2) is 6.56. The van der Waals surface area contributed by atoms with E-state index in [2.05, 4.69) is 25.3 Å². The zero-order valence-electron chi connectivity index (χ0n) is 15.8. The number of hydrogen-bond donors (Lipinski definition) is 2. The lowest BCUT2D eigenvalue weighted by molar-refractivity contribution is 0.387. The van der Waals surface area contributed by atoms with E-state index in [0.29, 0.717) is 27.5 Å². The van der Waals surface area contributed by atoms with Crippen molar-refractivity contribution in [2.24, 2.45) is 0 Å². The van der Waals surface area contributed by atoms with Crippen LogP contribution in [0.5, 0.6) is 5.75 Å². The summed E-state index contributed by atoms with van der Waals surface area (Å²) in [6.45, 7) is 5.62. The minimum absolute atomic E-state index is 0.131. The molecule has 8 heteroatoms. The number of nitrogens with zero attached hydrogens (tertiary/aromatic N) is 3. The highest BCUT2D eigenvalue weighted by atomic mass is 19.1. The van der Waals surface area contributed by atoms with Crippen LogP contribution < -0.4 is 15.6 Å². The van der Waals surface area contributed by atoms with Crippen LogP contribution in [0.2, 0.25) is 0 Å². The highest BCUT2D eigenvalue weighted by Gasteiger charge is 2.12. The van der Waals surface area contributed by atoms with Gasteiger partial charge in [0.05, 0.1) is 29.2 Å². The predicted molar refractivity (Wildman–Crippen MR) is 106 cm³/mol. The van der Waals surface area contributed by atoms with Crippen LogP contribution in [0, 0.1) is 26.6 Å². The first-order valence-electron chi connectivity index (χ1n) is 8.66. The highest BCUT2D eigenvalue weighted by Crippen LogP contribution is 2.26. The SMILES string of the molecule is COc1cc2c(C)nc(Nc3nc4c(C)cc(C)cc4c(=O)[nH]3)nc2cc1F. The molecule has 2 aromatic carbocycles. The summed E-state index contributed by atoms with van der Waals surface area (Å²) in [6.07, 6.45) is 0. The van der Waals surface area contributed by atoms with Crippen molar-refractivity contribution in [2.45, 2.75) is 20.8 Å². The van der Waals surface area contributed by atoms with Crippen molar-refractivity contribution < 1.29 is 9.13 Å². The zero-order chi connectivity index (χ0) is 20.0. The third-order valence-electron chi connectivity index (χ3n) is 4.54. The van der Waals surface area contributed by atoms with Gasteiger partial charge in [0.15, 0.2) is 11.6 Å². The molecule has 142 valence electrons. The van der Waals surface area contributed by atoms with E-state index >= 15 is 0 Å². The first kappa shape index (κ1) is 17.8. The van der Waals surface area contributed by atoms with Crippen LogP contribution in [0.25, 0.3) is 21.8 Å². The van der Waals surface area contributed by atoms with Crippen molar-refractivity contribution >= 4 is 33.7 Å². The van der Waals surface area contributed by atoms with Crippen LogP contribution in [0.1, 0.15) is 16.8 Å². The van der Waals surface area contributed by atoms with E-state index in [0.717, 1.165) is 11.1 Å². The van der Waals surface area contributed by atoms with Crippen LogP contribution in [-0.4, -0.2) is 27.0 Å².